The quantitative estimate of drug-likeness (QED) is 0.263. The van der Waals surface area contributed by atoms with E-state index in [0.29, 0.717) is 32.9 Å². The molecule has 0 aliphatic carbocycles. The summed E-state index contributed by atoms with van der Waals surface area (Å²) < 4.78 is 13.0. The van der Waals surface area contributed by atoms with Gasteiger partial charge in [0.05, 0.1) is 25.1 Å². The Morgan fingerprint density at radius 1 is 1.00 bits per heavy atom. The number of hydrogen-bond acceptors (Lipinski definition) is 4. The highest BCUT2D eigenvalue weighted by molar-refractivity contribution is 6.31. The Bertz CT molecular complexity index is 1380. The van der Waals surface area contributed by atoms with Crippen molar-refractivity contribution >= 4 is 29.2 Å². The third-order valence-electron chi connectivity index (χ3n) is 5.45. The third-order valence-corrected chi connectivity index (χ3v) is 5.92. The third kappa shape index (κ3) is 4.54. The number of rotatable bonds is 6. The zero-order valence-electron chi connectivity index (χ0n) is 19.4. The van der Waals surface area contributed by atoms with Crippen molar-refractivity contribution in [2.75, 3.05) is 13.7 Å². The first-order chi connectivity index (χ1) is 16.3. The number of methoxy groups -OCH3 is 1. The predicted molar refractivity (Wildman–Crippen MR) is 136 cm³/mol. The summed E-state index contributed by atoms with van der Waals surface area (Å²) in [5.74, 6) is 0.590. The van der Waals surface area contributed by atoms with Gasteiger partial charge in [-0.15, -0.1) is 0 Å². The number of imidazole rings is 1. The fraction of sp³-hybridized carbons (Fsp3) is 0.185. The van der Waals surface area contributed by atoms with E-state index in [4.69, 9.17) is 37.7 Å². The summed E-state index contributed by atoms with van der Waals surface area (Å²) in [6.45, 7) is 5.97. The molecule has 0 spiro atoms. The summed E-state index contributed by atoms with van der Waals surface area (Å²) in [5, 5.41) is 1.06. The van der Waals surface area contributed by atoms with Crippen LogP contribution in [0.5, 0.6) is 5.75 Å². The van der Waals surface area contributed by atoms with Gasteiger partial charge in [-0.3, -0.25) is 4.57 Å². The average molecular weight is 495 g/mol. The summed E-state index contributed by atoms with van der Waals surface area (Å²) in [6, 6.07) is 18.8. The minimum Gasteiger partial charge on any atom is -0.496 e. The lowest BCUT2D eigenvalue weighted by atomic mass is 10.1. The van der Waals surface area contributed by atoms with Gasteiger partial charge in [0.1, 0.15) is 11.6 Å². The van der Waals surface area contributed by atoms with Crippen molar-refractivity contribution in [1.29, 1.82) is 0 Å². The molecule has 0 radical (unpaired) electrons. The van der Waals surface area contributed by atoms with Gasteiger partial charge in [0.2, 0.25) is 0 Å². The van der Waals surface area contributed by atoms with Gasteiger partial charge >= 0.3 is 5.97 Å². The molecule has 1 aromatic heterocycles. The molecule has 0 N–H and O–H groups in total. The van der Waals surface area contributed by atoms with E-state index in [0.717, 1.165) is 22.4 Å². The lowest BCUT2D eigenvalue weighted by molar-refractivity contribution is 0.0521. The summed E-state index contributed by atoms with van der Waals surface area (Å²) in [6.07, 6.45) is 0. The van der Waals surface area contributed by atoms with E-state index in [9.17, 15) is 4.79 Å². The minimum absolute atomic E-state index is 0.165. The molecule has 34 heavy (non-hydrogen) atoms. The Balaban J connectivity index is 2.19. The molecule has 0 bridgehead atoms. The Kier molecular flexibility index (Phi) is 6.96. The smallest absolute Gasteiger partial charge is 0.359 e. The van der Waals surface area contributed by atoms with Crippen molar-refractivity contribution in [2.24, 2.45) is 0 Å². The van der Waals surface area contributed by atoms with Crippen LogP contribution in [-0.4, -0.2) is 29.2 Å². The SMILES string of the molecule is CCOC(=O)c1nc(-c2cccc(C)c2)n(-c2cc(Cl)ccc2C)c1-c1cc(Cl)ccc1OC. The van der Waals surface area contributed by atoms with Crippen LogP contribution in [-0.2, 0) is 4.74 Å². The number of carbonyl (C=O) groups excluding carboxylic acids is 1. The first-order valence-electron chi connectivity index (χ1n) is 10.8. The fourth-order valence-electron chi connectivity index (χ4n) is 3.91. The van der Waals surface area contributed by atoms with Crippen LogP contribution in [0.4, 0.5) is 0 Å². The zero-order valence-corrected chi connectivity index (χ0v) is 20.9. The van der Waals surface area contributed by atoms with Crippen molar-refractivity contribution in [2.45, 2.75) is 20.8 Å². The van der Waals surface area contributed by atoms with Crippen LogP contribution in [0.15, 0.2) is 60.7 Å². The van der Waals surface area contributed by atoms with Crippen molar-refractivity contribution in [3.8, 4) is 34.1 Å². The topological polar surface area (TPSA) is 53.3 Å². The van der Waals surface area contributed by atoms with Crippen molar-refractivity contribution in [3.63, 3.8) is 0 Å². The first-order valence-corrected chi connectivity index (χ1v) is 11.6. The number of halogens is 2. The second kappa shape index (κ2) is 9.92. The molecule has 1 heterocycles. The maximum atomic E-state index is 13.2. The highest BCUT2D eigenvalue weighted by Crippen LogP contribution is 2.40. The van der Waals surface area contributed by atoms with Crippen molar-refractivity contribution in [1.82, 2.24) is 9.55 Å². The van der Waals surface area contributed by atoms with E-state index >= 15 is 0 Å². The average Bonchev–Trinajstić information content (AvgIpc) is 3.21. The first kappa shape index (κ1) is 23.9. The molecule has 4 aromatic rings. The number of aryl methyl sites for hydroxylation is 2. The zero-order chi connectivity index (χ0) is 24.4. The second-order valence-corrected chi connectivity index (χ2v) is 8.71. The minimum atomic E-state index is -0.535. The molecule has 3 aromatic carbocycles. The Labute approximate surface area is 208 Å². The molecule has 0 aliphatic rings. The van der Waals surface area contributed by atoms with E-state index < -0.39 is 5.97 Å². The molecule has 7 heteroatoms. The molecule has 0 fully saturated rings. The molecular weight excluding hydrogens is 471 g/mol. The largest absolute Gasteiger partial charge is 0.496 e. The Hall–Kier alpha value is -3.28. The number of esters is 1. The van der Waals surface area contributed by atoms with Crippen LogP contribution in [0.3, 0.4) is 0 Å². The molecule has 0 amide bonds. The number of benzene rings is 3. The summed E-state index contributed by atoms with van der Waals surface area (Å²) >= 11 is 12.8. The Morgan fingerprint density at radius 2 is 1.74 bits per heavy atom. The van der Waals surface area contributed by atoms with Gasteiger partial charge in [-0.2, -0.15) is 0 Å². The monoisotopic (exact) mass is 494 g/mol. The molecule has 0 unspecified atom stereocenters. The molecule has 4 rings (SSSR count). The van der Waals surface area contributed by atoms with Crippen molar-refractivity contribution < 1.29 is 14.3 Å². The van der Waals surface area contributed by atoms with Crippen molar-refractivity contribution in [3.05, 3.63) is 87.5 Å². The highest BCUT2D eigenvalue weighted by atomic mass is 35.5. The van der Waals surface area contributed by atoms with Gasteiger partial charge in [0.15, 0.2) is 5.69 Å². The molecule has 174 valence electrons. The van der Waals surface area contributed by atoms with Crippen LogP contribution in [0.25, 0.3) is 28.3 Å². The van der Waals surface area contributed by atoms with Crippen LogP contribution in [0.2, 0.25) is 10.0 Å². The molecule has 0 atom stereocenters. The maximum absolute atomic E-state index is 13.2. The van der Waals surface area contributed by atoms with Crippen LogP contribution in [0, 0.1) is 13.8 Å². The number of ether oxygens (including phenoxy) is 2. The molecule has 0 aliphatic heterocycles. The number of aromatic nitrogens is 2. The van der Waals surface area contributed by atoms with Gasteiger partial charge in [-0.1, -0.05) is 53.0 Å². The summed E-state index contributed by atoms with van der Waals surface area (Å²) in [4.78, 5) is 18.0. The molecule has 5 nitrogen and oxygen atoms in total. The molecule has 0 saturated carbocycles. The van der Waals surface area contributed by atoms with Crippen LogP contribution < -0.4 is 4.74 Å². The fourth-order valence-corrected chi connectivity index (χ4v) is 4.25. The van der Waals surface area contributed by atoms with Gasteiger partial charge in [-0.25, -0.2) is 9.78 Å². The summed E-state index contributed by atoms with van der Waals surface area (Å²) in [7, 11) is 1.57. The van der Waals surface area contributed by atoms with Gasteiger partial charge in [-0.05, 0) is 62.7 Å². The highest BCUT2D eigenvalue weighted by Gasteiger charge is 2.29. The second-order valence-electron chi connectivity index (χ2n) is 7.83. The standard InChI is InChI=1S/C27H24Cl2N2O3/c1-5-34-27(32)24-25(21-14-19(28)11-12-23(21)33-4)31(22-15-20(29)10-9-17(22)3)26(30-24)18-8-6-7-16(2)13-18/h6-15H,5H2,1-4H3. The van der Waals surface area contributed by atoms with E-state index in [-0.39, 0.29) is 12.3 Å². The van der Waals surface area contributed by atoms with Crippen LogP contribution in [0.1, 0.15) is 28.5 Å². The van der Waals surface area contributed by atoms with Gasteiger partial charge in [0.25, 0.3) is 0 Å². The summed E-state index contributed by atoms with van der Waals surface area (Å²) in [5.41, 5.74) is 4.94. The van der Waals surface area contributed by atoms with E-state index in [1.807, 2.05) is 60.9 Å². The lowest BCUT2D eigenvalue weighted by Gasteiger charge is -2.18. The van der Waals surface area contributed by atoms with E-state index in [2.05, 4.69) is 0 Å². The number of nitrogens with zero attached hydrogens (tertiary/aromatic N) is 2. The number of hydrogen-bond donors (Lipinski definition) is 0. The molecular formula is C27H24Cl2N2O3. The van der Waals surface area contributed by atoms with Gasteiger partial charge in [0, 0.05) is 21.2 Å². The lowest BCUT2D eigenvalue weighted by Crippen LogP contribution is -2.09. The van der Waals surface area contributed by atoms with E-state index in [1.54, 1.807) is 32.2 Å². The normalized spacial score (nSPS) is 10.9. The molecule has 0 saturated heterocycles. The van der Waals surface area contributed by atoms with Crippen LogP contribution >= 0.6 is 23.2 Å². The maximum Gasteiger partial charge on any atom is 0.359 e. The van der Waals surface area contributed by atoms with E-state index in [1.165, 1.54) is 0 Å². The van der Waals surface area contributed by atoms with Gasteiger partial charge < -0.3 is 9.47 Å². The number of carbonyl (C=O) groups is 1. The Morgan fingerprint density at radius 3 is 2.44 bits per heavy atom. The predicted octanol–water partition coefficient (Wildman–Crippen LogP) is 7.32.